The summed E-state index contributed by atoms with van der Waals surface area (Å²) in [4.78, 5) is 11.1. The van der Waals surface area contributed by atoms with Crippen LogP contribution in [-0.4, -0.2) is 32.2 Å². The third-order valence-electron chi connectivity index (χ3n) is 1.63. The molecule has 0 rings (SSSR count). The molecule has 0 spiro atoms. The zero-order chi connectivity index (χ0) is 9.94. The van der Waals surface area contributed by atoms with Gasteiger partial charge in [0.1, 0.15) is 0 Å². The predicted octanol–water partition coefficient (Wildman–Crippen LogP) is 0.268. The maximum absolute atomic E-state index is 11.1. The van der Waals surface area contributed by atoms with Crippen molar-refractivity contribution >= 4 is 5.91 Å². The number of nitrogens with two attached hydrogens (primary N) is 1. The minimum Gasteiger partial charge on any atom is -0.380 e. The number of carbonyl (C=O) groups excluding carboxylic acids is 1. The van der Waals surface area contributed by atoms with Gasteiger partial charge in [-0.05, 0) is 26.3 Å². The summed E-state index contributed by atoms with van der Waals surface area (Å²) < 4.78 is 5.07. The number of rotatable bonds is 8. The number of carbonyl (C=O) groups is 1. The lowest BCUT2D eigenvalue weighted by Crippen LogP contribution is -2.27. The first-order chi connectivity index (χ1) is 6.31. The molecule has 0 aromatic carbocycles. The summed E-state index contributed by atoms with van der Waals surface area (Å²) in [6.45, 7) is 4.49. The molecule has 0 aromatic heterocycles. The van der Waals surface area contributed by atoms with Crippen molar-refractivity contribution in [1.29, 1.82) is 0 Å². The van der Waals surface area contributed by atoms with Gasteiger partial charge in [0, 0.05) is 19.6 Å². The van der Waals surface area contributed by atoms with E-state index in [4.69, 9.17) is 10.5 Å². The minimum atomic E-state index is 0.0909. The van der Waals surface area contributed by atoms with Crippen LogP contribution in [0.15, 0.2) is 0 Å². The van der Waals surface area contributed by atoms with E-state index in [0.29, 0.717) is 32.7 Å². The molecular formula is C9H20N2O2. The van der Waals surface area contributed by atoms with E-state index in [1.165, 1.54) is 0 Å². The quantitative estimate of drug-likeness (QED) is 0.537. The van der Waals surface area contributed by atoms with Crippen molar-refractivity contribution in [2.75, 3.05) is 26.3 Å². The standard InChI is InChI=1S/C9H20N2O2/c1-2-13-8-7-11-9(12)5-3-4-6-10/h2-8,10H2,1H3,(H,11,12). The van der Waals surface area contributed by atoms with Crippen molar-refractivity contribution in [2.45, 2.75) is 26.2 Å². The topological polar surface area (TPSA) is 64.3 Å². The molecule has 0 saturated carbocycles. The van der Waals surface area contributed by atoms with Gasteiger partial charge in [-0.25, -0.2) is 0 Å². The Kier molecular flexibility index (Phi) is 9.03. The molecule has 0 bridgehead atoms. The van der Waals surface area contributed by atoms with E-state index in [1.54, 1.807) is 0 Å². The summed E-state index contributed by atoms with van der Waals surface area (Å²) in [6, 6.07) is 0. The third-order valence-corrected chi connectivity index (χ3v) is 1.63. The van der Waals surface area contributed by atoms with Crippen molar-refractivity contribution in [1.82, 2.24) is 5.32 Å². The lowest BCUT2D eigenvalue weighted by molar-refractivity contribution is -0.121. The Morgan fingerprint density at radius 1 is 1.46 bits per heavy atom. The van der Waals surface area contributed by atoms with Gasteiger partial charge in [0.15, 0.2) is 0 Å². The molecule has 1 amide bonds. The van der Waals surface area contributed by atoms with Crippen molar-refractivity contribution in [3.8, 4) is 0 Å². The highest BCUT2D eigenvalue weighted by atomic mass is 16.5. The summed E-state index contributed by atoms with van der Waals surface area (Å²) in [6.07, 6.45) is 2.36. The summed E-state index contributed by atoms with van der Waals surface area (Å²) in [5.41, 5.74) is 5.30. The molecule has 0 aliphatic rings. The molecule has 0 aliphatic heterocycles. The first-order valence-corrected chi connectivity index (χ1v) is 4.85. The first-order valence-electron chi connectivity index (χ1n) is 4.85. The number of nitrogens with one attached hydrogen (secondary N) is 1. The number of amides is 1. The number of ether oxygens (including phenoxy) is 1. The van der Waals surface area contributed by atoms with Gasteiger partial charge in [0.25, 0.3) is 0 Å². The fourth-order valence-electron chi connectivity index (χ4n) is 0.925. The van der Waals surface area contributed by atoms with E-state index in [-0.39, 0.29) is 5.91 Å². The van der Waals surface area contributed by atoms with Crippen LogP contribution < -0.4 is 11.1 Å². The van der Waals surface area contributed by atoms with Gasteiger partial charge in [0.05, 0.1) is 6.61 Å². The van der Waals surface area contributed by atoms with Gasteiger partial charge in [-0.15, -0.1) is 0 Å². The Labute approximate surface area is 79.8 Å². The van der Waals surface area contributed by atoms with Crippen LogP contribution in [0.5, 0.6) is 0 Å². The number of hydrogen-bond donors (Lipinski definition) is 2. The smallest absolute Gasteiger partial charge is 0.220 e. The highest BCUT2D eigenvalue weighted by Crippen LogP contribution is 1.92. The molecule has 0 fully saturated rings. The van der Waals surface area contributed by atoms with E-state index in [9.17, 15) is 4.79 Å². The second-order valence-electron chi connectivity index (χ2n) is 2.79. The second kappa shape index (κ2) is 9.48. The van der Waals surface area contributed by atoms with Crippen LogP contribution in [0.4, 0.5) is 0 Å². The lowest BCUT2D eigenvalue weighted by Gasteiger charge is -2.04. The van der Waals surface area contributed by atoms with Crippen LogP contribution in [-0.2, 0) is 9.53 Å². The fraction of sp³-hybridized carbons (Fsp3) is 0.889. The number of unbranched alkanes of at least 4 members (excludes halogenated alkanes) is 1. The van der Waals surface area contributed by atoms with Gasteiger partial charge in [-0.3, -0.25) is 4.79 Å². The van der Waals surface area contributed by atoms with Crippen LogP contribution in [0.25, 0.3) is 0 Å². The Morgan fingerprint density at radius 2 is 2.23 bits per heavy atom. The predicted molar refractivity (Wildman–Crippen MR) is 52.4 cm³/mol. The molecule has 0 aromatic rings. The molecule has 0 saturated heterocycles. The molecule has 0 heterocycles. The highest BCUT2D eigenvalue weighted by Gasteiger charge is 1.98. The maximum Gasteiger partial charge on any atom is 0.220 e. The number of hydrogen-bond acceptors (Lipinski definition) is 3. The Bertz CT molecular complexity index is 129. The van der Waals surface area contributed by atoms with Crippen molar-refractivity contribution in [3.63, 3.8) is 0 Å². The van der Waals surface area contributed by atoms with E-state index >= 15 is 0 Å². The molecular weight excluding hydrogens is 168 g/mol. The van der Waals surface area contributed by atoms with E-state index < -0.39 is 0 Å². The molecule has 13 heavy (non-hydrogen) atoms. The molecule has 0 aliphatic carbocycles. The average Bonchev–Trinajstić information content (AvgIpc) is 2.13. The Hall–Kier alpha value is -0.610. The zero-order valence-electron chi connectivity index (χ0n) is 8.34. The summed E-state index contributed by atoms with van der Waals surface area (Å²) in [5.74, 6) is 0.0909. The summed E-state index contributed by atoms with van der Waals surface area (Å²) in [7, 11) is 0. The van der Waals surface area contributed by atoms with Gasteiger partial charge >= 0.3 is 0 Å². The molecule has 0 atom stereocenters. The molecule has 0 radical (unpaired) electrons. The fourth-order valence-corrected chi connectivity index (χ4v) is 0.925. The Balaban J connectivity index is 3.11. The van der Waals surface area contributed by atoms with Crippen LogP contribution in [0.2, 0.25) is 0 Å². The van der Waals surface area contributed by atoms with Gasteiger partial charge in [-0.1, -0.05) is 0 Å². The van der Waals surface area contributed by atoms with Crippen LogP contribution >= 0.6 is 0 Å². The van der Waals surface area contributed by atoms with Crippen LogP contribution in [0.1, 0.15) is 26.2 Å². The molecule has 3 N–H and O–H groups in total. The lowest BCUT2D eigenvalue weighted by atomic mass is 10.2. The molecule has 4 heteroatoms. The van der Waals surface area contributed by atoms with E-state index in [2.05, 4.69) is 5.32 Å². The van der Waals surface area contributed by atoms with Gasteiger partial charge in [-0.2, -0.15) is 0 Å². The molecule has 78 valence electrons. The maximum atomic E-state index is 11.1. The largest absolute Gasteiger partial charge is 0.380 e. The van der Waals surface area contributed by atoms with Crippen molar-refractivity contribution < 1.29 is 9.53 Å². The third kappa shape index (κ3) is 9.30. The van der Waals surface area contributed by atoms with Crippen LogP contribution in [0.3, 0.4) is 0 Å². The average molecular weight is 188 g/mol. The zero-order valence-corrected chi connectivity index (χ0v) is 8.34. The molecule has 0 unspecified atom stereocenters. The monoisotopic (exact) mass is 188 g/mol. The minimum absolute atomic E-state index is 0.0909. The van der Waals surface area contributed by atoms with Gasteiger partial charge in [0.2, 0.25) is 5.91 Å². The molecule has 4 nitrogen and oxygen atoms in total. The normalized spacial score (nSPS) is 10.0. The van der Waals surface area contributed by atoms with Gasteiger partial charge < -0.3 is 15.8 Å². The van der Waals surface area contributed by atoms with E-state index in [0.717, 1.165) is 12.8 Å². The highest BCUT2D eigenvalue weighted by molar-refractivity contribution is 5.75. The van der Waals surface area contributed by atoms with Crippen molar-refractivity contribution in [3.05, 3.63) is 0 Å². The van der Waals surface area contributed by atoms with Crippen LogP contribution in [0, 0.1) is 0 Å². The summed E-state index contributed by atoms with van der Waals surface area (Å²) in [5, 5.41) is 2.77. The Morgan fingerprint density at radius 3 is 2.85 bits per heavy atom. The SMILES string of the molecule is CCOCCNC(=O)CCCCN. The first kappa shape index (κ1) is 12.4. The summed E-state index contributed by atoms with van der Waals surface area (Å²) >= 11 is 0. The van der Waals surface area contributed by atoms with Crippen molar-refractivity contribution in [2.24, 2.45) is 5.73 Å². The second-order valence-corrected chi connectivity index (χ2v) is 2.79. The van der Waals surface area contributed by atoms with E-state index in [1.807, 2.05) is 6.92 Å².